The van der Waals surface area contributed by atoms with E-state index in [9.17, 15) is 4.79 Å². The van der Waals surface area contributed by atoms with Gasteiger partial charge in [0.05, 0.1) is 5.69 Å². The molecule has 3 nitrogen and oxygen atoms in total. The number of azo groups is 1. The van der Waals surface area contributed by atoms with Crippen LogP contribution in [0.5, 0.6) is 0 Å². The van der Waals surface area contributed by atoms with E-state index in [0.717, 1.165) is 9.13 Å². The summed E-state index contributed by atoms with van der Waals surface area (Å²) in [6.07, 6.45) is 1.09. The van der Waals surface area contributed by atoms with Gasteiger partial charge in [0.2, 0.25) is 0 Å². The van der Waals surface area contributed by atoms with Gasteiger partial charge in [-0.05, 0) is 58.8 Å². The predicted molar refractivity (Wildman–Crippen MR) is 83.4 cm³/mol. The van der Waals surface area contributed by atoms with Gasteiger partial charge < -0.3 is 0 Å². The van der Waals surface area contributed by atoms with Crippen LogP contribution in [0.2, 0.25) is 0 Å². The number of halogens is 1. The zero-order valence-corrected chi connectivity index (χ0v) is 12.4. The third-order valence-corrected chi connectivity index (χ3v) is 3.29. The lowest BCUT2D eigenvalue weighted by Gasteiger charge is -1.97. The highest BCUT2D eigenvalue weighted by atomic mass is 127. The van der Waals surface area contributed by atoms with E-state index in [0.29, 0.717) is 18.5 Å². The largest absolute Gasteiger partial charge is 0.271 e. The number of nitrogens with zero attached hydrogens (tertiary/aromatic N) is 2. The van der Waals surface area contributed by atoms with Gasteiger partial charge in [-0.15, -0.1) is 10.2 Å². The lowest BCUT2D eigenvalue weighted by atomic mass is 10.1. The summed E-state index contributed by atoms with van der Waals surface area (Å²) in [5, 5.41) is 7.65. The zero-order valence-electron chi connectivity index (χ0n) is 10.3. The van der Waals surface area contributed by atoms with Gasteiger partial charge in [0.1, 0.15) is 0 Å². The molecule has 2 rings (SSSR count). The van der Waals surface area contributed by atoms with E-state index in [2.05, 4.69) is 32.8 Å². The van der Waals surface area contributed by atoms with E-state index >= 15 is 0 Å². The number of benzene rings is 2. The summed E-state index contributed by atoms with van der Waals surface area (Å²) in [5.74, 6) is -0.192. The molecule has 19 heavy (non-hydrogen) atoms. The molecular weight excluding hydrogens is 351 g/mol. The van der Waals surface area contributed by atoms with Crippen molar-refractivity contribution in [2.24, 2.45) is 10.2 Å². The molecule has 0 aromatic heterocycles. The Morgan fingerprint density at radius 2 is 1.68 bits per heavy atom. The minimum absolute atomic E-state index is 0.192. The van der Waals surface area contributed by atoms with Crippen LogP contribution < -0.4 is 0 Å². The lowest BCUT2D eigenvalue weighted by Crippen LogP contribution is -1.95. The first-order chi connectivity index (χ1) is 9.24. The van der Waals surface area contributed by atoms with Crippen LogP contribution in [0.3, 0.4) is 0 Å². The van der Waals surface area contributed by atoms with E-state index in [4.69, 9.17) is 0 Å². The second-order valence-corrected chi connectivity index (χ2v) is 5.30. The topological polar surface area (TPSA) is 41.8 Å². The minimum atomic E-state index is -0.192. The first-order valence-electron chi connectivity index (χ1n) is 5.98. The Hall–Kier alpha value is -1.56. The van der Waals surface area contributed by atoms with Crippen LogP contribution in [0.15, 0.2) is 64.8 Å². The van der Waals surface area contributed by atoms with Gasteiger partial charge in [-0.1, -0.05) is 30.3 Å². The fourth-order valence-corrected chi connectivity index (χ4v) is 1.93. The maximum atomic E-state index is 11.6. The molecule has 96 valence electrons. The monoisotopic (exact) mass is 364 g/mol. The van der Waals surface area contributed by atoms with Crippen LogP contribution in [-0.4, -0.2) is 5.91 Å². The Balaban J connectivity index is 1.86. The first kappa shape index (κ1) is 13.9. The van der Waals surface area contributed by atoms with Crippen molar-refractivity contribution < 1.29 is 4.79 Å². The van der Waals surface area contributed by atoms with Crippen molar-refractivity contribution in [3.63, 3.8) is 0 Å². The molecule has 0 heterocycles. The van der Waals surface area contributed by atoms with E-state index in [1.165, 1.54) is 0 Å². The van der Waals surface area contributed by atoms with Crippen molar-refractivity contribution >= 4 is 34.2 Å². The minimum Gasteiger partial charge on any atom is -0.271 e. The second-order valence-electron chi connectivity index (χ2n) is 4.06. The van der Waals surface area contributed by atoms with Gasteiger partial charge in [0, 0.05) is 9.99 Å². The number of carbonyl (C=O) groups is 1. The molecule has 0 atom stereocenters. The molecule has 0 saturated heterocycles. The van der Waals surface area contributed by atoms with Crippen molar-refractivity contribution in [3.05, 3.63) is 63.7 Å². The molecule has 0 radical (unpaired) electrons. The molecule has 0 saturated carbocycles. The zero-order chi connectivity index (χ0) is 13.5. The fourth-order valence-electron chi connectivity index (χ4n) is 1.57. The Labute approximate surface area is 125 Å². The third kappa shape index (κ3) is 4.90. The molecule has 0 spiro atoms. The molecule has 0 N–H and O–H groups in total. The third-order valence-electron chi connectivity index (χ3n) is 2.57. The number of aryl methyl sites for hydroxylation is 1. The van der Waals surface area contributed by atoms with Crippen molar-refractivity contribution in [1.82, 2.24) is 0 Å². The van der Waals surface area contributed by atoms with Gasteiger partial charge in [-0.3, -0.25) is 4.79 Å². The average molecular weight is 364 g/mol. The van der Waals surface area contributed by atoms with Crippen LogP contribution in [-0.2, 0) is 11.2 Å². The number of carbonyl (C=O) groups excluding carboxylic acids is 1. The van der Waals surface area contributed by atoms with Crippen LogP contribution in [0.25, 0.3) is 0 Å². The SMILES string of the molecule is O=C(CCc1ccccc1)N=Nc1ccc(I)cc1. The van der Waals surface area contributed by atoms with Crippen LogP contribution in [0, 0.1) is 3.57 Å². The molecule has 4 heteroatoms. The number of hydrogen-bond donors (Lipinski definition) is 0. The highest BCUT2D eigenvalue weighted by Gasteiger charge is 2.00. The van der Waals surface area contributed by atoms with Gasteiger partial charge in [0.15, 0.2) is 0 Å². The maximum absolute atomic E-state index is 11.6. The summed E-state index contributed by atoms with van der Waals surface area (Å²) in [7, 11) is 0. The average Bonchev–Trinajstić information content (AvgIpc) is 2.45. The molecule has 0 aliphatic heterocycles. The summed E-state index contributed by atoms with van der Waals surface area (Å²) in [6, 6.07) is 17.5. The second kappa shape index (κ2) is 7.13. The van der Waals surface area contributed by atoms with Crippen molar-refractivity contribution in [2.75, 3.05) is 0 Å². The van der Waals surface area contributed by atoms with Crippen molar-refractivity contribution in [1.29, 1.82) is 0 Å². The van der Waals surface area contributed by atoms with E-state index in [1.807, 2.05) is 54.6 Å². The van der Waals surface area contributed by atoms with Gasteiger partial charge >= 0.3 is 0 Å². The molecule has 0 aliphatic carbocycles. The fraction of sp³-hybridized carbons (Fsp3) is 0.133. The summed E-state index contributed by atoms with van der Waals surface area (Å²) < 4.78 is 1.13. The van der Waals surface area contributed by atoms with Crippen LogP contribution >= 0.6 is 22.6 Å². The first-order valence-corrected chi connectivity index (χ1v) is 7.06. The van der Waals surface area contributed by atoms with Crippen molar-refractivity contribution in [2.45, 2.75) is 12.8 Å². The van der Waals surface area contributed by atoms with Gasteiger partial charge in [-0.2, -0.15) is 0 Å². The molecule has 1 amide bonds. The standard InChI is InChI=1S/C15H13IN2O/c16-13-7-9-14(10-8-13)17-18-15(19)11-6-12-4-2-1-3-5-12/h1-5,7-10H,6,11H2. The molecule has 2 aromatic carbocycles. The number of hydrogen-bond acceptors (Lipinski definition) is 2. The number of amides is 1. The Bertz CT molecular complexity index is 564. The number of rotatable bonds is 4. The lowest BCUT2D eigenvalue weighted by molar-refractivity contribution is -0.118. The molecule has 0 bridgehead atoms. The molecule has 0 aliphatic rings. The van der Waals surface area contributed by atoms with Gasteiger partial charge in [0.25, 0.3) is 5.91 Å². The molecule has 2 aromatic rings. The van der Waals surface area contributed by atoms with Gasteiger partial charge in [-0.25, -0.2) is 0 Å². The van der Waals surface area contributed by atoms with E-state index < -0.39 is 0 Å². The predicted octanol–water partition coefficient (Wildman–Crippen LogP) is 4.53. The van der Waals surface area contributed by atoms with Crippen LogP contribution in [0.4, 0.5) is 5.69 Å². The maximum Gasteiger partial charge on any atom is 0.265 e. The Morgan fingerprint density at radius 3 is 2.37 bits per heavy atom. The normalized spacial score (nSPS) is 10.8. The van der Waals surface area contributed by atoms with Crippen molar-refractivity contribution in [3.8, 4) is 0 Å². The summed E-state index contributed by atoms with van der Waals surface area (Å²) >= 11 is 2.22. The molecular formula is C15H13IN2O. The molecule has 0 unspecified atom stereocenters. The quantitative estimate of drug-likeness (QED) is 0.580. The van der Waals surface area contributed by atoms with E-state index in [1.54, 1.807) is 0 Å². The highest BCUT2D eigenvalue weighted by Crippen LogP contribution is 2.15. The summed E-state index contributed by atoms with van der Waals surface area (Å²) in [6.45, 7) is 0. The van der Waals surface area contributed by atoms with Crippen LogP contribution in [0.1, 0.15) is 12.0 Å². The smallest absolute Gasteiger partial charge is 0.265 e. The van der Waals surface area contributed by atoms with E-state index in [-0.39, 0.29) is 5.91 Å². The summed E-state index contributed by atoms with van der Waals surface area (Å²) in [4.78, 5) is 11.6. The highest BCUT2D eigenvalue weighted by molar-refractivity contribution is 14.1. The Morgan fingerprint density at radius 1 is 1.00 bits per heavy atom. The Kier molecular flexibility index (Phi) is 5.20. The molecule has 0 fully saturated rings. The summed E-state index contributed by atoms with van der Waals surface area (Å²) in [5.41, 5.74) is 1.84.